The van der Waals surface area contributed by atoms with Crippen molar-refractivity contribution in [2.45, 2.75) is 13.8 Å². The number of carbonyl (C=O) groups excluding carboxylic acids is 1. The molecular weight excluding hydrogens is 210 g/mol. The van der Waals surface area contributed by atoms with E-state index in [9.17, 15) is 9.59 Å². The van der Waals surface area contributed by atoms with E-state index >= 15 is 0 Å². The molecule has 0 atom stereocenters. The zero-order valence-corrected chi connectivity index (χ0v) is 9.11. The molecule has 0 saturated carbocycles. The molecule has 0 fully saturated rings. The molecule has 0 bridgehead atoms. The Bertz CT molecular complexity index is 414. The quantitative estimate of drug-likeness (QED) is 0.813. The molecule has 1 aromatic rings. The van der Waals surface area contributed by atoms with Crippen molar-refractivity contribution >= 4 is 12.1 Å². The molecule has 0 heterocycles. The van der Waals surface area contributed by atoms with E-state index in [4.69, 9.17) is 9.84 Å². The van der Waals surface area contributed by atoms with Gasteiger partial charge >= 0.3 is 12.1 Å². The Hall–Kier alpha value is -2.04. The van der Waals surface area contributed by atoms with Gasteiger partial charge in [0.05, 0.1) is 0 Å². The van der Waals surface area contributed by atoms with Crippen molar-refractivity contribution in [2.75, 3.05) is 6.54 Å². The highest BCUT2D eigenvalue weighted by molar-refractivity contribution is 5.77. The summed E-state index contributed by atoms with van der Waals surface area (Å²) >= 11 is 0. The van der Waals surface area contributed by atoms with Gasteiger partial charge in [0.1, 0.15) is 12.3 Å². The van der Waals surface area contributed by atoms with Crippen LogP contribution in [0.25, 0.3) is 0 Å². The van der Waals surface area contributed by atoms with Crippen LogP contribution in [0.2, 0.25) is 0 Å². The minimum atomic E-state index is -1.11. The summed E-state index contributed by atoms with van der Waals surface area (Å²) in [6.07, 6.45) is -0.773. The third-order valence-corrected chi connectivity index (χ3v) is 2.07. The van der Waals surface area contributed by atoms with E-state index < -0.39 is 18.6 Å². The number of carbonyl (C=O) groups is 2. The van der Waals surface area contributed by atoms with Gasteiger partial charge in [0.15, 0.2) is 0 Å². The zero-order valence-electron chi connectivity index (χ0n) is 9.11. The van der Waals surface area contributed by atoms with Crippen LogP contribution in [0, 0.1) is 13.8 Å². The monoisotopic (exact) mass is 223 g/mol. The van der Waals surface area contributed by atoms with Gasteiger partial charge in [-0.15, -0.1) is 0 Å². The topological polar surface area (TPSA) is 75.6 Å². The average molecular weight is 223 g/mol. The molecule has 5 heteroatoms. The number of rotatable bonds is 3. The fourth-order valence-corrected chi connectivity index (χ4v) is 1.07. The number of ether oxygens (including phenoxy) is 1. The van der Waals surface area contributed by atoms with Gasteiger partial charge in [-0.2, -0.15) is 0 Å². The number of nitrogens with one attached hydrogen (secondary N) is 1. The van der Waals surface area contributed by atoms with E-state index in [1.807, 2.05) is 19.9 Å². The molecule has 0 spiro atoms. The normalized spacial score (nSPS) is 9.62. The number of amides is 1. The van der Waals surface area contributed by atoms with Gasteiger partial charge in [0, 0.05) is 0 Å². The lowest BCUT2D eigenvalue weighted by Gasteiger charge is -2.06. The van der Waals surface area contributed by atoms with Gasteiger partial charge < -0.3 is 15.2 Å². The number of aryl methyl sites for hydroxylation is 2. The summed E-state index contributed by atoms with van der Waals surface area (Å²) in [7, 11) is 0. The van der Waals surface area contributed by atoms with Crippen LogP contribution in [0.4, 0.5) is 4.79 Å². The van der Waals surface area contributed by atoms with Crippen molar-refractivity contribution in [3.63, 3.8) is 0 Å². The number of aliphatic carboxylic acids is 1. The molecule has 0 saturated heterocycles. The molecule has 5 nitrogen and oxygen atoms in total. The smallest absolute Gasteiger partial charge is 0.413 e. The van der Waals surface area contributed by atoms with E-state index in [-0.39, 0.29) is 0 Å². The lowest BCUT2D eigenvalue weighted by atomic mass is 10.1. The molecule has 0 aromatic heterocycles. The fraction of sp³-hybridized carbons (Fsp3) is 0.273. The van der Waals surface area contributed by atoms with Gasteiger partial charge in [0.2, 0.25) is 0 Å². The van der Waals surface area contributed by atoms with Gasteiger partial charge in [-0.25, -0.2) is 4.79 Å². The second-order valence-corrected chi connectivity index (χ2v) is 3.38. The molecule has 86 valence electrons. The van der Waals surface area contributed by atoms with Crippen LogP contribution in [0.5, 0.6) is 5.75 Å². The molecule has 16 heavy (non-hydrogen) atoms. The summed E-state index contributed by atoms with van der Waals surface area (Å²) in [6.45, 7) is 3.39. The summed E-state index contributed by atoms with van der Waals surface area (Å²) in [5.41, 5.74) is 2.10. The number of hydrogen-bond acceptors (Lipinski definition) is 3. The van der Waals surface area contributed by atoms with Crippen molar-refractivity contribution in [1.29, 1.82) is 0 Å². The molecule has 0 aliphatic heterocycles. The Morgan fingerprint density at radius 2 is 2.00 bits per heavy atom. The standard InChI is InChI=1S/C11H13NO4/c1-7-3-4-9(5-8(7)2)16-11(15)12-6-10(13)14/h3-5H,6H2,1-2H3,(H,12,15)(H,13,14). The zero-order chi connectivity index (χ0) is 12.1. The molecule has 0 aliphatic rings. The Morgan fingerprint density at radius 1 is 1.31 bits per heavy atom. The average Bonchev–Trinajstić information content (AvgIpc) is 2.21. The largest absolute Gasteiger partial charge is 0.480 e. The van der Waals surface area contributed by atoms with Crippen LogP contribution in [-0.2, 0) is 4.79 Å². The van der Waals surface area contributed by atoms with Crippen LogP contribution in [0.1, 0.15) is 11.1 Å². The van der Waals surface area contributed by atoms with Gasteiger partial charge in [-0.05, 0) is 37.1 Å². The summed E-state index contributed by atoms with van der Waals surface area (Å²) in [5, 5.41) is 10.4. The van der Waals surface area contributed by atoms with Crippen molar-refractivity contribution < 1.29 is 19.4 Å². The second kappa shape index (κ2) is 5.16. The van der Waals surface area contributed by atoms with E-state index in [1.165, 1.54) is 0 Å². The highest BCUT2D eigenvalue weighted by Gasteiger charge is 2.06. The maximum Gasteiger partial charge on any atom is 0.413 e. The molecule has 1 rings (SSSR count). The maximum absolute atomic E-state index is 11.1. The van der Waals surface area contributed by atoms with Gasteiger partial charge in [-0.3, -0.25) is 4.79 Å². The number of carboxylic acid groups (broad SMARTS) is 1. The first kappa shape index (κ1) is 12.0. The Morgan fingerprint density at radius 3 is 2.56 bits per heavy atom. The summed E-state index contributed by atoms with van der Waals surface area (Å²) < 4.78 is 4.89. The SMILES string of the molecule is Cc1ccc(OC(=O)NCC(=O)O)cc1C. The number of benzene rings is 1. The third kappa shape index (κ3) is 3.61. The Labute approximate surface area is 93.0 Å². The second-order valence-electron chi connectivity index (χ2n) is 3.38. The molecule has 1 aromatic carbocycles. The highest BCUT2D eigenvalue weighted by Crippen LogP contribution is 2.16. The van der Waals surface area contributed by atoms with Crippen LogP contribution >= 0.6 is 0 Å². The first-order chi connectivity index (χ1) is 7.49. The molecule has 0 radical (unpaired) electrons. The minimum Gasteiger partial charge on any atom is -0.480 e. The summed E-state index contributed by atoms with van der Waals surface area (Å²) in [5.74, 6) is -0.719. The molecule has 1 amide bonds. The lowest BCUT2D eigenvalue weighted by molar-refractivity contribution is -0.135. The third-order valence-electron chi connectivity index (χ3n) is 2.07. The Kier molecular flexibility index (Phi) is 3.88. The van der Waals surface area contributed by atoms with Crippen molar-refractivity contribution in [1.82, 2.24) is 5.32 Å². The molecule has 0 unspecified atom stereocenters. The molecule has 2 N–H and O–H groups in total. The van der Waals surface area contributed by atoms with Crippen molar-refractivity contribution in [3.05, 3.63) is 29.3 Å². The molecular formula is C11H13NO4. The summed E-state index contributed by atoms with van der Waals surface area (Å²) in [4.78, 5) is 21.3. The van der Waals surface area contributed by atoms with Gasteiger partial charge in [-0.1, -0.05) is 6.07 Å². The first-order valence-corrected chi connectivity index (χ1v) is 4.74. The van der Waals surface area contributed by atoms with Crippen LogP contribution < -0.4 is 10.1 Å². The summed E-state index contributed by atoms with van der Waals surface area (Å²) in [6, 6.07) is 5.20. The fourth-order valence-electron chi connectivity index (χ4n) is 1.07. The van der Waals surface area contributed by atoms with Crippen molar-refractivity contribution in [2.24, 2.45) is 0 Å². The molecule has 0 aliphatic carbocycles. The van der Waals surface area contributed by atoms with Crippen LogP contribution in [-0.4, -0.2) is 23.7 Å². The van der Waals surface area contributed by atoms with Crippen molar-refractivity contribution in [3.8, 4) is 5.75 Å². The number of carboxylic acids is 1. The van der Waals surface area contributed by atoms with E-state index in [0.29, 0.717) is 5.75 Å². The minimum absolute atomic E-state index is 0.394. The Balaban J connectivity index is 2.56. The van der Waals surface area contributed by atoms with E-state index in [1.54, 1.807) is 12.1 Å². The maximum atomic E-state index is 11.1. The predicted octanol–water partition coefficient (Wildman–Crippen LogP) is 1.48. The lowest BCUT2D eigenvalue weighted by Crippen LogP contribution is -2.31. The number of hydrogen-bond donors (Lipinski definition) is 2. The van der Waals surface area contributed by atoms with E-state index in [0.717, 1.165) is 11.1 Å². The van der Waals surface area contributed by atoms with Gasteiger partial charge in [0.25, 0.3) is 0 Å². The first-order valence-electron chi connectivity index (χ1n) is 4.74. The highest BCUT2D eigenvalue weighted by atomic mass is 16.6. The van der Waals surface area contributed by atoms with E-state index in [2.05, 4.69) is 5.32 Å². The van der Waals surface area contributed by atoms with Crippen LogP contribution in [0.15, 0.2) is 18.2 Å². The van der Waals surface area contributed by atoms with Crippen LogP contribution in [0.3, 0.4) is 0 Å². The predicted molar refractivity (Wildman–Crippen MR) is 57.6 cm³/mol.